The highest BCUT2D eigenvalue weighted by Gasteiger charge is 2.51. The number of aliphatic hydroxyl groups excluding tert-OH is 1. The second kappa shape index (κ2) is 8.50. The van der Waals surface area contributed by atoms with Gasteiger partial charge < -0.3 is 14.7 Å². The molecular weight excluding hydrogens is 362 g/mol. The summed E-state index contributed by atoms with van der Waals surface area (Å²) in [7, 11) is 1.63. The standard InChI is InChI=1S/C25H25NO3/c1-29-21-15-13-19(14-16-21)24-23(22(27)17-12-18-8-4-2-5-9-18)25(28)26(24)20-10-6-3-7-11-20/h2-11,13-16,22-24,27H,12,17H2,1H3/t22-,23?,24-/m1/s1. The number of para-hydroxylation sites is 1. The van der Waals surface area contributed by atoms with Crippen LogP contribution in [0.25, 0.3) is 0 Å². The van der Waals surface area contributed by atoms with Gasteiger partial charge in [0.25, 0.3) is 0 Å². The number of hydrogen-bond donors (Lipinski definition) is 1. The maximum Gasteiger partial charge on any atom is 0.235 e. The average molecular weight is 387 g/mol. The second-order valence-electron chi connectivity index (χ2n) is 7.38. The molecule has 0 spiro atoms. The number of hydrogen-bond acceptors (Lipinski definition) is 3. The zero-order valence-corrected chi connectivity index (χ0v) is 16.4. The number of aryl methyl sites for hydroxylation is 1. The van der Waals surface area contributed by atoms with E-state index in [2.05, 4.69) is 0 Å². The van der Waals surface area contributed by atoms with Gasteiger partial charge in [-0.05, 0) is 48.2 Å². The van der Waals surface area contributed by atoms with Crippen LogP contribution in [0.4, 0.5) is 5.69 Å². The van der Waals surface area contributed by atoms with Crippen molar-refractivity contribution in [1.82, 2.24) is 0 Å². The van der Waals surface area contributed by atoms with Crippen molar-refractivity contribution in [2.45, 2.75) is 25.0 Å². The molecule has 1 aliphatic heterocycles. The van der Waals surface area contributed by atoms with Gasteiger partial charge in [-0.1, -0.05) is 60.7 Å². The van der Waals surface area contributed by atoms with Gasteiger partial charge >= 0.3 is 0 Å². The molecule has 1 fully saturated rings. The lowest BCUT2D eigenvalue weighted by atomic mass is 9.76. The quantitative estimate of drug-likeness (QED) is 0.612. The molecule has 1 aliphatic rings. The molecule has 4 heteroatoms. The predicted molar refractivity (Wildman–Crippen MR) is 114 cm³/mol. The summed E-state index contributed by atoms with van der Waals surface area (Å²) in [6.45, 7) is 0. The minimum absolute atomic E-state index is 0.0300. The van der Waals surface area contributed by atoms with Gasteiger partial charge in [-0.3, -0.25) is 4.79 Å². The van der Waals surface area contributed by atoms with Crippen molar-refractivity contribution in [3.8, 4) is 5.75 Å². The van der Waals surface area contributed by atoms with E-state index in [9.17, 15) is 9.90 Å². The fourth-order valence-electron chi connectivity index (χ4n) is 4.06. The van der Waals surface area contributed by atoms with Crippen LogP contribution in [0.5, 0.6) is 5.75 Å². The molecule has 1 heterocycles. The summed E-state index contributed by atoms with van der Waals surface area (Å²) in [4.78, 5) is 14.9. The van der Waals surface area contributed by atoms with E-state index in [-0.39, 0.29) is 11.9 Å². The highest BCUT2D eigenvalue weighted by atomic mass is 16.5. The van der Waals surface area contributed by atoms with Crippen molar-refractivity contribution in [2.24, 2.45) is 5.92 Å². The molecule has 0 bridgehead atoms. The highest BCUT2D eigenvalue weighted by Crippen LogP contribution is 2.46. The molecule has 4 nitrogen and oxygen atoms in total. The summed E-state index contributed by atoms with van der Waals surface area (Å²) in [5.41, 5.74) is 3.02. The first-order valence-electron chi connectivity index (χ1n) is 9.93. The van der Waals surface area contributed by atoms with Crippen LogP contribution < -0.4 is 9.64 Å². The lowest BCUT2D eigenvalue weighted by Gasteiger charge is -2.49. The fourth-order valence-corrected chi connectivity index (χ4v) is 4.06. The molecular formula is C25H25NO3. The van der Waals surface area contributed by atoms with Crippen LogP contribution in [-0.4, -0.2) is 24.2 Å². The van der Waals surface area contributed by atoms with Crippen molar-refractivity contribution in [3.63, 3.8) is 0 Å². The third-order valence-corrected chi connectivity index (χ3v) is 5.62. The minimum Gasteiger partial charge on any atom is -0.497 e. The van der Waals surface area contributed by atoms with Crippen LogP contribution >= 0.6 is 0 Å². The number of anilines is 1. The Bertz CT molecular complexity index is 941. The molecule has 1 saturated heterocycles. The van der Waals surface area contributed by atoms with Gasteiger partial charge in [-0.25, -0.2) is 0 Å². The third kappa shape index (κ3) is 3.89. The summed E-state index contributed by atoms with van der Waals surface area (Å²) in [6, 6.07) is 27.3. The fraction of sp³-hybridized carbons (Fsp3) is 0.240. The Morgan fingerprint density at radius 3 is 2.17 bits per heavy atom. The highest BCUT2D eigenvalue weighted by molar-refractivity contribution is 6.03. The molecule has 3 aromatic carbocycles. The molecule has 0 aromatic heterocycles. The number of aliphatic hydroxyl groups is 1. The van der Waals surface area contributed by atoms with E-state index in [0.29, 0.717) is 6.42 Å². The Morgan fingerprint density at radius 1 is 0.931 bits per heavy atom. The molecule has 1 amide bonds. The zero-order chi connectivity index (χ0) is 20.2. The summed E-state index contributed by atoms with van der Waals surface area (Å²) in [6.07, 6.45) is 0.595. The maximum atomic E-state index is 13.1. The summed E-state index contributed by atoms with van der Waals surface area (Å²) in [5, 5.41) is 10.9. The topological polar surface area (TPSA) is 49.8 Å². The first kappa shape index (κ1) is 19.2. The number of rotatable bonds is 7. The lowest BCUT2D eigenvalue weighted by Crippen LogP contribution is -2.59. The van der Waals surface area contributed by atoms with Crippen molar-refractivity contribution in [3.05, 3.63) is 96.1 Å². The van der Waals surface area contributed by atoms with Gasteiger partial charge in [-0.2, -0.15) is 0 Å². The molecule has 0 radical (unpaired) electrons. The number of ether oxygens (including phenoxy) is 1. The van der Waals surface area contributed by atoms with Crippen LogP contribution in [0, 0.1) is 5.92 Å². The van der Waals surface area contributed by atoms with Crippen molar-refractivity contribution in [1.29, 1.82) is 0 Å². The molecule has 3 atom stereocenters. The smallest absolute Gasteiger partial charge is 0.235 e. The Kier molecular flexibility index (Phi) is 5.63. The molecule has 0 aliphatic carbocycles. The van der Waals surface area contributed by atoms with E-state index < -0.39 is 12.0 Å². The number of methoxy groups -OCH3 is 1. The molecule has 1 unspecified atom stereocenters. The first-order valence-corrected chi connectivity index (χ1v) is 9.93. The minimum atomic E-state index is -0.699. The Morgan fingerprint density at radius 2 is 1.55 bits per heavy atom. The van der Waals surface area contributed by atoms with E-state index >= 15 is 0 Å². The molecule has 3 aromatic rings. The predicted octanol–water partition coefficient (Wildman–Crippen LogP) is 4.39. The molecule has 4 rings (SSSR count). The van der Waals surface area contributed by atoms with Gasteiger partial charge in [0.15, 0.2) is 0 Å². The van der Waals surface area contributed by atoms with E-state index in [4.69, 9.17) is 4.74 Å². The number of β-lactam (4-membered cyclic amide) rings is 1. The monoisotopic (exact) mass is 387 g/mol. The summed E-state index contributed by atoms with van der Waals surface area (Å²) < 4.78 is 5.27. The number of amides is 1. The van der Waals surface area contributed by atoms with E-state index in [1.807, 2.05) is 84.9 Å². The van der Waals surface area contributed by atoms with Crippen LogP contribution in [0.1, 0.15) is 23.6 Å². The molecule has 1 N–H and O–H groups in total. The Balaban J connectivity index is 1.58. The summed E-state index contributed by atoms with van der Waals surface area (Å²) in [5.74, 6) is 0.289. The molecule has 148 valence electrons. The van der Waals surface area contributed by atoms with Crippen LogP contribution in [-0.2, 0) is 11.2 Å². The molecule has 29 heavy (non-hydrogen) atoms. The van der Waals surface area contributed by atoms with E-state index in [1.165, 1.54) is 5.56 Å². The van der Waals surface area contributed by atoms with Crippen molar-refractivity contribution < 1.29 is 14.6 Å². The third-order valence-electron chi connectivity index (χ3n) is 5.62. The van der Waals surface area contributed by atoms with Gasteiger partial charge in [0.2, 0.25) is 5.91 Å². The number of nitrogens with zero attached hydrogens (tertiary/aromatic N) is 1. The SMILES string of the molecule is COc1ccc([C@@H]2C([C@H](O)CCc3ccccc3)C(=O)N2c2ccccc2)cc1. The Labute approximate surface area is 171 Å². The van der Waals surface area contributed by atoms with Gasteiger partial charge in [0.1, 0.15) is 5.75 Å². The molecule has 0 saturated carbocycles. The number of benzene rings is 3. The normalized spacial score (nSPS) is 19.5. The lowest BCUT2D eigenvalue weighted by molar-refractivity contribution is -0.136. The van der Waals surface area contributed by atoms with Crippen molar-refractivity contribution in [2.75, 3.05) is 12.0 Å². The van der Waals surface area contributed by atoms with Crippen LogP contribution in [0.15, 0.2) is 84.9 Å². The maximum absolute atomic E-state index is 13.1. The van der Waals surface area contributed by atoms with Crippen molar-refractivity contribution >= 4 is 11.6 Å². The first-order chi connectivity index (χ1) is 14.2. The number of carbonyl (C=O) groups excluding carboxylic acids is 1. The zero-order valence-electron chi connectivity index (χ0n) is 16.4. The number of carbonyl (C=O) groups is 1. The van der Waals surface area contributed by atoms with E-state index in [0.717, 1.165) is 23.4 Å². The van der Waals surface area contributed by atoms with Gasteiger partial charge in [-0.15, -0.1) is 0 Å². The average Bonchev–Trinajstić information content (AvgIpc) is 2.77. The van der Waals surface area contributed by atoms with Crippen LogP contribution in [0.2, 0.25) is 0 Å². The van der Waals surface area contributed by atoms with Crippen LogP contribution in [0.3, 0.4) is 0 Å². The van der Waals surface area contributed by atoms with Gasteiger partial charge in [0.05, 0.1) is 25.2 Å². The van der Waals surface area contributed by atoms with Gasteiger partial charge in [0, 0.05) is 5.69 Å². The van der Waals surface area contributed by atoms with E-state index in [1.54, 1.807) is 12.0 Å². The second-order valence-corrected chi connectivity index (χ2v) is 7.38. The summed E-state index contributed by atoms with van der Waals surface area (Å²) >= 11 is 0. The largest absolute Gasteiger partial charge is 0.497 e. The Hall–Kier alpha value is -3.11.